The first-order valence-electron chi connectivity index (χ1n) is 5.98. The third-order valence-electron chi connectivity index (χ3n) is 2.94. The lowest BCUT2D eigenvalue weighted by Crippen LogP contribution is -1.95. The molecule has 0 saturated carbocycles. The van der Waals surface area contributed by atoms with Gasteiger partial charge in [0.05, 0.1) is 16.9 Å². The molecule has 0 aliphatic carbocycles. The molecular weight excluding hydrogens is 258 g/mol. The summed E-state index contributed by atoms with van der Waals surface area (Å²) >= 11 is 6.15. The Bertz CT molecular complexity index is 701. The first kappa shape index (κ1) is 11.9. The highest BCUT2D eigenvalue weighted by Gasteiger charge is 2.07. The van der Waals surface area contributed by atoms with E-state index in [2.05, 4.69) is 29.4 Å². The summed E-state index contributed by atoms with van der Waals surface area (Å²) < 4.78 is 1.69. The molecule has 0 fully saturated rings. The maximum absolute atomic E-state index is 6.15. The van der Waals surface area contributed by atoms with Crippen molar-refractivity contribution in [2.75, 3.05) is 0 Å². The van der Waals surface area contributed by atoms with Gasteiger partial charge in [-0.25, -0.2) is 4.68 Å². The Hall–Kier alpha value is -2.13. The summed E-state index contributed by atoms with van der Waals surface area (Å²) in [5.74, 6) is 0. The molecule has 0 radical (unpaired) electrons. The van der Waals surface area contributed by atoms with Crippen molar-refractivity contribution in [3.63, 3.8) is 0 Å². The van der Waals surface area contributed by atoms with Gasteiger partial charge in [-0.15, -0.1) is 5.10 Å². The van der Waals surface area contributed by atoms with Crippen LogP contribution in [0.3, 0.4) is 0 Å². The molecule has 4 heteroatoms. The van der Waals surface area contributed by atoms with Crippen molar-refractivity contribution in [3.8, 4) is 16.9 Å². The molecule has 0 bridgehead atoms. The largest absolute Gasteiger partial charge is 0.219 e. The minimum atomic E-state index is 0.655. The highest BCUT2D eigenvalue weighted by Crippen LogP contribution is 2.22. The fourth-order valence-electron chi connectivity index (χ4n) is 1.88. The Morgan fingerprint density at radius 3 is 2.47 bits per heavy atom. The summed E-state index contributed by atoms with van der Waals surface area (Å²) in [5, 5.41) is 8.97. The quantitative estimate of drug-likeness (QED) is 0.706. The van der Waals surface area contributed by atoms with Gasteiger partial charge in [0.15, 0.2) is 0 Å². The number of para-hydroxylation sites is 1. The first-order chi connectivity index (χ1) is 9.24. The van der Waals surface area contributed by atoms with Crippen molar-refractivity contribution >= 4 is 11.6 Å². The van der Waals surface area contributed by atoms with Crippen LogP contribution in [0.1, 0.15) is 5.56 Å². The molecule has 1 heterocycles. The molecule has 0 spiro atoms. The normalized spacial score (nSPS) is 10.6. The summed E-state index contributed by atoms with van der Waals surface area (Å²) in [6.45, 7) is 2.06. The number of benzene rings is 2. The highest BCUT2D eigenvalue weighted by atomic mass is 35.5. The smallest absolute Gasteiger partial charge is 0.113 e. The van der Waals surface area contributed by atoms with Crippen LogP contribution in [-0.4, -0.2) is 15.0 Å². The molecular formula is C15H12ClN3. The van der Waals surface area contributed by atoms with Crippen LogP contribution >= 0.6 is 11.6 Å². The van der Waals surface area contributed by atoms with Crippen LogP contribution in [-0.2, 0) is 0 Å². The first-order valence-corrected chi connectivity index (χ1v) is 6.36. The second-order valence-electron chi connectivity index (χ2n) is 4.37. The molecule has 1 aromatic heterocycles. The summed E-state index contributed by atoms with van der Waals surface area (Å²) in [6.07, 6.45) is 1.88. The fraction of sp³-hybridized carbons (Fsp3) is 0.0667. The maximum Gasteiger partial charge on any atom is 0.113 e. The molecule has 19 heavy (non-hydrogen) atoms. The predicted molar refractivity (Wildman–Crippen MR) is 76.5 cm³/mol. The fourth-order valence-corrected chi connectivity index (χ4v) is 2.10. The molecule has 0 N–H and O–H groups in total. The van der Waals surface area contributed by atoms with E-state index < -0.39 is 0 Å². The van der Waals surface area contributed by atoms with E-state index in [1.54, 1.807) is 4.68 Å². The molecule has 0 aliphatic heterocycles. The molecule has 3 rings (SSSR count). The molecule has 2 aromatic carbocycles. The van der Waals surface area contributed by atoms with E-state index in [0.717, 1.165) is 16.9 Å². The van der Waals surface area contributed by atoms with Gasteiger partial charge >= 0.3 is 0 Å². The zero-order valence-electron chi connectivity index (χ0n) is 10.4. The molecule has 0 saturated heterocycles. The van der Waals surface area contributed by atoms with E-state index in [9.17, 15) is 0 Å². The van der Waals surface area contributed by atoms with E-state index in [-0.39, 0.29) is 0 Å². The molecule has 94 valence electrons. The Morgan fingerprint density at radius 2 is 1.74 bits per heavy atom. The lowest BCUT2D eigenvalue weighted by Gasteiger charge is -2.01. The maximum atomic E-state index is 6.15. The van der Waals surface area contributed by atoms with E-state index in [4.69, 9.17) is 11.6 Å². The van der Waals surface area contributed by atoms with Crippen molar-refractivity contribution in [2.24, 2.45) is 0 Å². The molecule has 0 aliphatic rings. The summed E-state index contributed by atoms with van der Waals surface area (Å²) in [6, 6.07) is 15.8. The van der Waals surface area contributed by atoms with Gasteiger partial charge < -0.3 is 0 Å². The second kappa shape index (κ2) is 4.86. The van der Waals surface area contributed by atoms with Crippen LogP contribution in [0, 0.1) is 6.92 Å². The van der Waals surface area contributed by atoms with Crippen LogP contribution < -0.4 is 0 Å². The van der Waals surface area contributed by atoms with E-state index >= 15 is 0 Å². The number of hydrogen-bond donors (Lipinski definition) is 0. The van der Waals surface area contributed by atoms with Crippen LogP contribution in [0.15, 0.2) is 54.7 Å². The van der Waals surface area contributed by atoms with Crippen LogP contribution in [0.5, 0.6) is 0 Å². The Labute approximate surface area is 116 Å². The van der Waals surface area contributed by atoms with E-state index in [1.807, 2.05) is 42.6 Å². The zero-order chi connectivity index (χ0) is 13.2. The number of nitrogens with zero attached hydrogens (tertiary/aromatic N) is 3. The Kier molecular flexibility index (Phi) is 3.05. The van der Waals surface area contributed by atoms with Gasteiger partial charge in [-0.1, -0.05) is 58.8 Å². The lowest BCUT2D eigenvalue weighted by atomic mass is 10.1. The summed E-state index contributed by atoms with van der Waals surface area (Å²) in [5.41, 5.74) is 3.93. The van der Waals surface area contributed by atoms with Gasteiger partial charge in [-0.05, 0) is 19.1 Å². The third-order valence-corrected chi connectivity index (χ3v) is 3.26. The predicted octanol–water partition coefficient (Wildman–Crippen LogP) is 3.90. The van der Waals surface area contributed by atoms with Crippen LogP contribution in [0.2, 0.25) is 5.02 Å². The summed E-state index contributed by atoms with van der Waals surface area (Å²) in [7, 11) is 0. The monoisotopic (exact) mass is 269 g/mol. The second-order valence-corrected chi connectivity index (χ2v) is 4.77. The average Bonchev–Trinajstić information content (AvgIpc) is 2.89. The minimum absolute atomic E-state index is 0.655. The molecule has 0 unspecified atom stereocenters. The van der Waals surface area contributed by atoms with E-state index in [0.29, 0.717) is 5.02 Å². The van der Waals surface area contributed by atoms with Crippen molar-refractivity contribution in [3.05, 3.63) is 65.3 Å². The molecule has 0 atom stereocenters. The number of hydrogen-bond acceptors (Lipinski definition) is 2. The summed E-state index contributed by atoms with van der Waals surface area (Å²) in [4.78, 5) is 0. The topological polar surface area (TPSA) is 30.7 Å². The number of rotatable bonds is 2. The Morgan fingerprint density at radius 1 is 1.00 bits per heavy atom. The molecule has 3 nitrogen and oxygen atoms in total. The SMILES string of the molecule is Cc1ccc(-c2cn(-c3ccccc3Cl)nn2)cc1. The van der Waals surface area contributed by atoms with Gasteiger partial charge in [0.25, 0.3) is 0 Å². The zero-order valence-corrected chi connectivity index (χ0v) is 11.2. The van der Waals surface area contributed by atoms with Crippen molar-refractivity contribution < 1.29 is 0 Å². The van der Waals surface area contributed by atoms with Gasteiger partial charge in [-0.2, -0.15) is 0 Å². The average molecular weight is 270 g/mol. The highest BCUT2D eigenvalue weighted by molar-refractivity contribution is 6.32. The standard InChI is InChI=1S/C15H12ClN3/c1-11-6-8-12(9-7-11)14-10-19(18-17-14)15-5-3-2-4-13(15)16/h2-10H,1H3. The Balaban J connectivity index is 2.00. The number of halogens is 1. The lowest BCUT2D eigenvalue weighted by molar-refractivity contribution is 0.804. The third kappa shape index (κ3) is 2.37. The van der Waals surface area contributed by atoms with Gasteiger partial charge in [0.1, 0.15) is 5.69 Å². The van der Waals surface area contributed by atoms with Crippen molar-refractivity contribution in [1.29, 1.82) is 0 Å². The van der Waals surface area contributed by atoms with Crippen molar-refractivity contribution in [2.45, 2.75) is 6.92 Å². The van der Waals surface area contributed by atoms with Gasteiger partial charge in [0.2, 0.25) is 0 Å². The number of aromatic nitrogens is 3. The van der Waals surface area contributed by atoms with E-state index in [1.165, 1.54) is 5.56 Å². The minimum Gasteiger partial charge on any atom is -0.219 e. The van der Waals surface area contributed by atoms with Crippen molar-refractivity contribution in [1.82, 2.24) is 15.0 Å². The van der Waals surface area contributed by atoms with Gasteiger partial charge in [0, 0.05) is 5.56 Å². The van der Waals surface area contributed by atoms with Gasteiger partial charge in [-0.3, -0.25) is 0 Å². The van der Waals surface area contributed by atoms with Crippen LogP contribution in [0.4, 0.5) is 0 Å². The van der Waals surface area contributed by atoms with Crippen LogP contribution in [0.25, 0.3) is 16.9 Å². The molecule has 0 amide bonds. The number of aryl methyl sites for hydroxylation is 1. The molecule has 3 aromatic rings.